The molecule has 1 N–H and O–H groups in total. The van der Waals surface area contributed by atoms with Crippen LogP contribution in [0.3, 0.4) is 0 Å². The molecule has 0 saturated carbocycles. The fourth-order valence-corrected chi connectivity index (χ4v) is 4.04. The van der Waals surface area contributed by atoms with E-state index in [-0.39, 0.29) is 11.8 Å². The summed E-state index contributed by atoms with van der Waals surface area (Å²) in [6.45, 7) is 2.58. The van der Waals surface area contributed by atoms with Gasteiger partial charge in [-0.15, -0.1) is 0 Å². The van der Waals surface area contributed by atoms with Crippen molar-refractivity contribution in [2.24, 2.45) is 5.41 Å². The van der Waals surface area contributed by atoms with Crippen LogP contribution in [-0.2, 0) is 22.7 Å². The van der Waals surface area contributed by atoms with Gasteiger partial charge in [0.2, 0.25) is 11.8 Å². The van der Waals surface area contributed by atoms with Gasteiger partial charge < -0.3 is 9.47 Å². The maximum absolute atomic E-state index is 12.2. The molecule has 0 aliphatic carbocycles. The molecule has 1 atom stereocenters. The van der Waals surface area contributed by atoms with Gasteiger partial charge in [-0.2, -0.15) is 0 Å². The Labute approximate surface area is 164 Å². The summed E-state index contributed by atoms with van der Waals surface area (Å²) in [6.07, 6.45) is 1.02. The minimum atomic E-state index is -0.545. The Hall–Kier alpha value is -2.86. The van der Waals surface area contributed by atoms with Crippen LogP contribution < -0.4 is 14.8 Å². The van der Waals surface area contributed by atoms with Crippen molar-refractivity contribution >= 4 is 11.8 Å². The van der Waals surface area contributed by atoms with E-state index in [1.807, 2.05) is 48.5 Å². The van der Waals surface area contributed by atoms with E-state index in [4.69, 9.17) is 9.47 Å². The van der Waals surface area contributed by atoms with Gasteiger partial charge in [-0.1, -0.05) is 36.4 Å². The number of likely N-dealkylation sites (tertiary alicyclic amines) is 1. The summed E-state index contributed by atoms with van der Waals surface area (Å²) in [5, 5.41) is 2.45. The molecule has 2 heterocycles. The van der Waals surface area contributed by atoms with Crippen molar-refractivity contribution in [2.45, 2.75) is 26.0 Å². The molecule has 1 spiro atoms. The summed E-state index contributed by atoms with van der Waals surface area (Å²) in [5.41, 5.74) is 1.63. The smallest absolute Gasteiger partial charge is 0.234 e. The number of hydrogen-bond acceptors (Lipinski definition) is 5. The second kappa shape index (κ2) is 7.64. The number of rotatable bonds is 6. The van der Waals surface area contributed by atoms with Crippen molar-refractivity contribution in [3.8, 4) is 11.5 Å². The number of imide groups is 1. The third kappa shape index (κ3) is 3.73. The molecule has 2 aromatic rings. The van der Waals surface area contributed by atoms with Crippen molar-refractivity contribution in [1.82, 2.24) is 10.2 Å². The molecule has 2 fully saturated rings. The van der Waals surface area contributed by atoms with Gasteiger partial charge in [0.15, 0.2) is 11.5 Å². The van der Waals surface area contributed by atoms with Gasteiger partial charge in [0.1, 0.15) is 6.61 Å². The van der Waals surface area contributed by atoms with Crippen molar-refractivity contribution < 1.29 is 19.1 Å². The topological polar surface area (TPSA) is 67.9 Å². The predicted octanol–water partition coefficient (Wildman–Crippen LogP) is 2.51. The number of nitrogens with one attached hydrogen (secondary N) is 1. The monoisotopic (exact) mass is 380 g/mol. The highest BCUT2D eigenvalue weighted by molar-refractivity contribution is 6.06. The molecule has 0 radical (unpaired) electrons. The van der Waals surface area contributed by atoms with E-state index in [2.05, 4.69) is 10.2 Å². The molecular formula is C22H24N2O4. The molecule has 0 aromatic heterocycles. The van der Waals surface area contributed by atoms with E-state index in [0.717, 1.165) is 24.1 Å². The van der Waals surface area contributed by atoms with Crippen LogP contribution in [0.25, 0.3) is 0 Å². The fourth-order valence-electron chi connectivity index (χ4n) is 4.04. The molecule has 2 amide bonds. The van der Waals surface area contributed by atoms with Crippen molar-refractivity contribution in [3.63, 3.8) is 0 Å². The van der Waals surface area contributed by atoms with Gasteiger partial charge >= 0.3 is 0 Å². The van der Waals surface area contributed by atoms with E-state index in [9.17, 15) is 9.59 Å². The van der Waals surface area contributed by atoms with Gasteiger partial charge in [0, 0.05) is 19.5 Å². The van der Waals surface area contributed by atoms with Crippen LogP contribution in [0.1, 0.15) is 24.0 Å². The maximum Gasteiger partial charge on any atom is 0.234 e. The zero-order valence-electron chi connectivity index (χ0n) is 15.9. The van der Waals surface area contributed by atoms with Crippen molar-refractivity contribution in [3.05, 3.63) is 59.7 Å². The molecule has 146 valence electrons. The van der Waals surface area contributed by atoms with Crippen LogP contribution >= 0.6 is 0 Å². The standard InChI is InChI=1S/C22H24N2O4/c1-27-18-8-7-17(11-19(18)28-14-16-5-3-2-4-6-16)13-24-10-9-22(15-24)12-20(25)23-21(22)26/h2-8,11H,9-10,12-15H2,1H3,(H,23,25,26)/t22-/m1/s1. The van der Waals surface area contributed by atoms with Gasteiger partial charge in [0.05, 0.1) is 12.5 Å². The zero-order chi connectivity index (χ0) is 19.6. The van der Waals surface area contributed by atoms with Crippen molar-refractivity contribution in [1.29, 1.82) is 0 Å². The summed E-state index contributed by atoms with van der Waals surface area (Å²) in [4.78, 5) is 26.0. The Morgan fingerprint density at radius 3 is 2.61 bits per heavy atom. The molecule has 28 heavy (non-hydrogen) atoms. The second-order valence-electron chi connectivity index (χ2n) is 7.55. The van der Waals surface area contributed by atoms with E-state index in [0.29, 0.717) is 37.6 Å². The van der Waals surface area contributed by atoms with Crippen LogP contribution in [0, 0.1) is 5.41 Å². The lowest BCUT2D eigenvalue weighted by molar-refractivity contribution is -0.128. The van der Waals surface area contributed by atoms with Gasteiger partial charge in [-0.25, -0.2) is 0 Å². The average Bonchev–Trinajstić information content (AvgIpc) is 3.23. The molecule has 0 unspecified atom stereocenters. The normalized spacial score (nSPS) is 21.9. The fraction of sp³-hybridized carbons (Fsp3) is 0.364. The van der Waals surface area contributed by atoms with Crippen molar-refractivity contribution in [2.75, 3.05) is 20.2 Å². The Balaban J connectivity index is 1.44. The number of ether oxygens (including phenoxy) is 2. The lowest BCUT2D eigenvalue weighted by atomic mass is 9.85. The Morgan fingerprint density at radius 1 is 1.07 bits per heavy atom. The molecule has 6 nitrogen and oxygen atoms in total. The van der Waals surface area contributed by atoms with Crippen LogP contribution in [0.5, 0.6) is 11.5 Å². The maximum atomic E-state index is 12.2. The molecule has 4 rings (SSSR count). The molecule has 0 bridgehead atoms. The summed E-state index contributed by atoms with van der Waals surface area (Å²) < 4.78 is 11.4. The highest BCUT2D eigenvalue weighted by Crippen LogP contribution is 2.38. The van der Waals surface area contributed by atoms with Gasteiger partial charge in [0.25, 0.3) is 0 Å². The number of hydrogen-bond donors (Lipinski definition) is 1. The summed E-state index contributed by atoms with van der Waals surface area (Å²) in [5.74, 6) is 1.11. The first-order valence-corrected chi connectivity index (χ1v) is 9.48. The van der Waals surface area contributed by atoms with Crippen LogP contribution in [0.15, 0.2) is 48.5 Å². The van der Waals surface area contributed by atoms with E-state index in [1.54, 1.807) is 7.11 Å². The quantitative estimate of drug-likeness (QED) is 0.780. The van der Waals surface area contributed by atoms with Crippen LogP contribution in [0.4, 0.5) is 0 Å². The zero-order valence-corrected chi connectivity index (χ0v) is 15.9. The minimum absolute atomic E-state index is 0.124. The largest absolute Gasteiger partial charge is 0.493 e. The molecular weight excluding hydrogens is 356 g/mol. The number of nitrogens with zero attached hydrogens (tertiary/aromatic N) is 1. The van der Waals surface area contributed by atoms with Crippen LogP contribution in [-0.4, -0.2) is 36.9 Å². The van der Waals surface area contributed by atoms with Crippen LogP contribution in [0.2, 0.25) is 0 Å². The number of carbonyl (C=O) groups excluding carboxylic acids is 2. The predicted molar refractivity (Wildman–Crippen MR) is 104 cm³/mol. The SMILES string of the molecule is COc1ccc(CN2CC[C@@]3(CC(=O)NC3=O)C2)cc1OCc1ccccc1. The molecule has 2 aliphatic rings. The third-order valence-corrected chi connectivity index (χ3v) is 5.54. The summed E-state index contributed by atoms with van der Waals surface area (Å²) in [6, 6.07) is 15.9. The lowest BCUT2D eigenvalue weighted by Crippen LogP contribution is -2.34. The van der Waals surface area contributed by atoms with Gasteiger partial charge in [-0.05, 0) is 36.2 Å². The molecule has 2 aliphatic heterocycles. The minimum Gasteiger partial charge on any atom is -0.493 e. The molecule has 2 aromatic carbocycles. The Bertz CT molecular complexity index is 883. The van der Waals surface area contributed by atoms with Gasteiger partial charge in [-0.3, -0.25) is 19.8 Å². The van der Waals surface area contributed by atoms with E-state index >= 15 is 0 Å². The number of amides is 2. The second-order valence-corrected chi connectivity index (χ2v) is 7.55. The number of methoxy groups -OCH3 is 1. The summed E-state index contributed by atoms with van der Waals surface area (Å²) >= 11 is 0. The number of carbonyl (C=O) groups is 2. The first kappa shape index (κ1) is 18.5. The first-order valence-electron chi connectivity index (χ1n) is 9.48. The molecule has 6 heteroatoms. The Kier molecular flexibility index (Phi) is 5.05. The van der Waals surface area contributed by atoms with E-state index in [1.165, 1.54) is 0 Å². The highest BCUT2D eigenvalue weighted by atomic mass is 16.5. The first-order chi connectivity index (χ1) is 13.6. The number of benzene rings is 2. The average molecular weight is 380 g/mol. The third-order valence-electron chi connectivity index (χ3n) is 5.54. The van der Waals surface area contributed by atoms with E-state index < -0.39 is 5.41 Å². The highest BCUT2D eigenvalue weighted by Gasteiger charge is 2.50. The summed E-state index contributed by atoms with van der Waals surface area (Å²) in [7, 11) is 1.63. The molecule has 2 saturated heterocycles. The lowest BCUT2D eigenvalue weighted by Gasteiger charge is -2.21. The Morgan fingerprint density at radius 2 is 1.89 bits per heavy atom.